The molecule has 5 nitrogen and oxygen atoms in total. The maximum Gasteiger partial charge on any atom is 0.216 e. The van der Waals surface area contributed by atoms with E-state index in [2.05, 4.69) is 4.72 Å². The summed E-state index contributed by atoms with van der Waals surface area (Å²) in [7, 11) is -3.79. The van der Waals surface area contributed by atoms with Gasteiger partial charge in [0, 0.05) is 16.6 Å². The maximum absolute atomic E-state index is 13.8. The van der Waals surface area contributed by atoms with Crippen molar-refractivity contribution >= 4 is 21.6 Å². The summed E-state index contributed by atoms with van der Waals surface area (Å²) in [5.74, 6) is 0.0212. The molecule has 0 unspecified atom stereocenters. The fourth-order valence-corrected chi connectivity index (χ4v) is 4.31. The topological polar surface area (TPSA) is 64.6 Å². The van der Waals surface area contributed by atoms with Crippen LogP contribution in [0.4, 0.5) is 4.39 Å². The lowest BCUT2D eigenvalue weighted by Gasteiger charge is -2.21. The highest BCUT2D eigenvalue weighted by Crippen LogP contribution is 2.33. The van der Waals surface area contributed by atoms with Crippen molar-refractivity contribution < 1.29 is 22.3 Å². The quantitative estimate of drug-likeness (QED) is 0.856. The van der Waals surface area contributed by atoms with Gasteiger partial charge in [-0.2, -0.15) is 0 Å². The fourth-order valence-electron chi connectivity index (χ4n) is 2.57. The number of hydrogen-bond donors (Lipinski definition) is 1. The summed E-state index contributed by atoms with van der Waals surface area (Å²) in [6.45, 7) is 2.63. The van der Waals surface area contributed by atoms with E-state index in [1.165, 1.54) is 18.2 Å². The summed E-state index contributed by atoms with van der Waals surface area (Å²) in [6, 6.07) is 8.78. The molecule has 1 N–H and O–H groups in total. The van der Waals surface area contributed by atoms with Crippen molar-refractivity contribution in [2.45, 2.75) is 18.7 Å². The zero-order valence-corrected chi connectivity index (χ0v) is 15.0. The first-order valence-corrected chi connectivity index (χ1v) is 9.71. The lowest BCUT2D eigenvalue weighted by atomic mass is 10.1. The van der Waals surface area contributed by atoms with Gasteiger partial charge in [-0.3, -0.25) is 0 Å². The van der Waals surface area contributed by atoms with Crippen molar-refractivity contribution in [2.24, 2.45) is 0 Å². The zero-order valence-electron chi connectivity index (χ0n) is 13.5. The number of hydrogen-bond acceptors (Lipinski definition) is 4. The standard InChI is InChI=1S/C17H17ClFNO4S/c1-11(12-5-6-16-17(9-12)24-8-7-23-16)20-25(21,22)10-13-14(18)3-2-4-15(13)19/h2-6,9,11,20H,7-8,10H2,1H3/t11-/m1/s1. The van der Waals surface area contributed by atoms with Crippen LogP contribution in [0, 0.1) is 5.82 Å². The highest BCUT2D eigenvalue weighted by atomic mass is 35.5. The van der Waals surface area contributed by atoms with Gasteiger partial charge in [-0.25, -0.2) is 17.5 Å². The van der Waals surface area contributed by atoms with Gasteiger partial charge in [-0.1, -0.05) is 23.7 Å². The Hall–Kier alpha value is -1.83. The van der Waals surface area contributed by atoms with Crippen molar-refractivity contribution in [1.82, 2.24) is 4.72 Å². The van der Waals surface area contributed by atoms with Crippen LogP contribution < -0.4 is 14.2 Å². The van der Waals surface area contributed by atoms with Gasteiger partial charge in [-0.15, -0.1) is 0 Å². The van der Waals surface area contributed by atoms with Crippen molar-refractivity contribution in [2.75, 3.05) is 13.2 Å². The van der Waals surface area contributed by atoms with Gasteiger partial charge in [0.1, 0.15) is 19.0 Å². The van der Waals surface area contributed by atoms with Crippen LogP contribution in [0.5, 0.6) is 11.5 Å². The molecule has 3 rings (SSSR count). The molecule has 0 saturated carbocycles. The third-order valence-corrected chi connectivity index (χ3v) is 5.55. The molecule has 25 heavy (non-hydrogen) atoms. The highest BCUT2D eigenvalue weighted by Gasteiger charge is 2.21. The third kappa shape index (κ3) is 4.23. The van der Waals surface area contributed by atoms with E-state index < -0.39 is 27.6 Å². The Labute approximate surface area is 150 Å². The molecular weight excluding hydrogens is 369 g/mol. The van der Waals surface area contributed by atoms with E-state index in [4.69, 9.17) is 21.1 Å². The molecule has 0 radical (unpaired) electrons. The Morgan fingerprint density at radius 3 is 2.64 bits per heavy atom. The van der Waals surface area contributed by atoms with E-state index in [0.29, 0.717) is 30.3 Å². The van der Waals surface area contributed by atoms with Crippen LogP contribution in [-0.2, 0) is 15.8 Å². The number of fused-ring (bicyclic) bond motifs is 1. The van der Waals surface area contributed by atoms with Crippen LogP contribution in [0.3, 0.4) is 0 Å². The van der Waals surface area contributed by atoms with Gasteiger partial charge in [0.25, 0.3) is 0 Å². The van der Waals surface area contributed by atoms with Crippen molar-refractivity contribution in [3.8, 4) is 11.5 Å². The molecule has 1 aliphatic heterocycles. The number of rotatable bonds is 5. The minimum Gasteiger partial charge on any atom is -0.486 e. The van der Waals surface area contributed by atoms with E-state index in [1.54, 1.807) is 25.1 Å². The molecule has 8 heteroatoms. The maximum atomic E-state index is 13.8. The first-order chi connectivity index (χ1) is 11.9. The largest absolute Gasteiger partial charge is 0.486 e. The molecule has 2 aromatic carbocycles. The molecule has 0 saturated heterocycles. The van der Waals surface area contributed by atoms with E-state index >= 15 is 0 Å². The highest BCUT2D eigenvalue weighted by molar-refractivity contribution is 7.88. The average Bonchev–Trinajstić information content (AvgIpc) is 2.57. The van der Waals surface area contributed by atoms with Gasteiger partial charge >= 0.3 is 0 Å². The Balaban J connectivity index is 1.76. The monoisotopic (exact) mass is 385 g/mol. The summed E-state index contributed by atoms with van der Waals surface area (Å²) in [4.78, 5) is 0. The van der Waals surface area contributed by atoms with E-state index in [9.17, 15) is 12.8 Å². The second-order valence-corrected chi connectivity index (χ2v) is 7.86. The second kappa shape index (κ2) is 7.19. The molecule has 134 valence electrons. The first kappa shape index (κ1) is 18.0. The molecule has 1 aliphatic rings. The summed E-state index contributed by atoms with van der Waals surface area (Å²) >= 11 is 5.91. The number of sulfonamides is 1. The molecule has 0 spiro atoms. The van der Waals surface area contributed by atoms with Crippen molar-refractivity contribution in [3.63, 3.8) is 0 Å². The number of nitrogens with one attached hydrogen (secondary N) is 1. The lowest BCUT2D eigenvalue weighted by molar-refractivity contribution is 0.171. The Morgan fingerprint density at radius 2 is 1.92 bits per heavy atom. The third-order valence-electron chi connectivity index (χ3n) is 3.82. The summed E-state index contributed by atoms with van der Waals surface area (Å²) < 4.78 is 52.1. The van der Waals surface area contributed by atoms with Crippen LogP contribution >= 0.6 is 11.6 Å². The van der Waals surface area contributed by atoms with E-state index in [-0.39, 0.29) is 10.6 Å². The summed E-state index contributed by atoms with van der Waals surface area (Å²) in [5.41, 5.74) is 0.665. The number of ether oxygens (including phenoxy) is 2. The normalized spacial score (nSPS) is 15.0. The Bertz CT molecular complexity index is 868. The van der Waals surface area contributed by atoms with Gasteiger partial charge in [0.05, 0.1) is 5.75 Å². The van der Waals surface area contributed by atoms with Crippen LogP contribution in [0.25, 0.3) is 0 Å². The molecule has 1 atom stereocenters. The summed E-state index contributed by atoms with van der Waals surface area (Å²) in [5, 5.41) is 0.0809. The predicted octanol–water partition coefficient (Wildman–Crippen LogP) is 3.43. The molecule has 0 amide bonds. The zero-order chi connectivity index (χ0) is 18.0. The predicted molar refractivity (Wildman–Crippen MR) is 93.0 cm³/mol. The van der Waals surface area contributed by atoms with E-state index in [1.807, 2.05) is 0 Å². The van der Waals surface area contributed by atoms with Gasteiger partial charge in [0.2, 0.25) is 10.0 Å². The molecule has 0 aromatic heterocycles. The Morgan fingerprint density at radius 1 is 1.20 bits per heavy atom. The second-order valence-electron chi connectivity index (χ2n) is 5.70. The molecular formula is C17H17ClFNO4S. The smallest absolute Gasteiger partial charge is 0.216 e. The molecule has 1 heterocycles. The molecule has 0 fully saturated rings. The summed E-state index contributed by atoms with van der Waals surface area (Å²) in [6.07, 6.45) is 0. The van der Waals surface area contributed by atoms with E-state index in [0.717, 1.165) is 0 Å². The number of benzene rings is 2. The van der Waals surface area contributed by atoms with Crippen LogP contribution in [0.1, 0.15) is 24.1 Å². The van der Waals surface area contributed by atoms with Gasteiger partial charge < -0.3 is 9.47 Å². The average molecular weight is 386 g/mol. The van der Waals surface area contributed by atoms with Crippen LogP contribution in [0.15, 0.2) is 36.4 Å². The van der Waals surface area contributed by atoms with Crippen molar-refractivity contribution in [3.05, 3.63) is 58.4 Å². The Kier molecular flexibility index (Phi) is 5.17. The SMILES string of the molecule is C[C@@H](NS(=O)(=O)Cc1c(F)cccc1Cl)c1ccc2c(c1)OCCO2. The van der Waals surface area contributed by atoms with Gasteiger partial charge in [-0.05, 0) is 36.8 Å². The fraction of sp³-hybridized carbons (Fsp3) is 0.294. The molecule has 0 bridgehead atoms. The number of halogens is 2. The lowest BCUT2D eigenvalue weighted by Crippen LogP contribution is -2.28. The molecule has 0 aliphatic carbocycles. The minimum atomic E-state index is -3.79. The first-order valence-electron chi connectivity index (χ1n) is 7.68. The minimum absolute atomic E-state index is 0.0500. The van der Waals surface area contributed by atoms with Crippen LogP contribution in [0.2, 0.25) is 5.02 Å². The van der Waals surface area contributed by atoms with Gasteiger partial charge in [0.15, 0.2) is 11.5 Å². The van der Waals surface area contributed by atoms with Crippen LogP contribution in [-0.4, -0.2) is 21.6 Å². The molecule has 2 aromatic rings. The van der Waals surface area contributed by atoms with Crippen molar-refractivity contribution in [1.29, 1.82) is 0 Å².